The van der Waals surface area contributed by atoms with Crippen molar-refractivity contribution < 1.29 is 28.7 Å². The highest BCUT2D eigenvalue weighted by molar-refractivity contribution is 6.00. The third-order valence-electron chi connectivity index (χ3n) is 7.65. The van der Waals surface area contributed by atoms with E-state index in [0.29, 0.717) is 50.3 Å². The maximum atomic E-state index is 13.6. The smallest absolute Gasteiger partial charge is 0.328 e. The molecule has 9 nitrogen and oxygen atoms in total. The highest BCUT2D eigenvalue weighted by Gasteiger charge is 2.30. The highest BCUT2D eigenvalue weighted by atomic mass is 16.5. The Bertz CT molecular complexity index is 1310. The third-order valence-corrected chi connectivity index (χ3v) is 7.65. The first-order valence-corrected chi connectivity index (χ1v) is 15.0. The maximum absolute atomic E-state index is 13.6. The van der Waals surface area contributed by atoms with E-state index in [1.165, 1.54) is 7.11 Å². The van der Waals surface area contributed by atoms with Crippen LogP contribution in [0.1, 0.15) is 49.7 Å². The Kier molecular flexibility index (Phi) is 11.9. The number of nitrogens with one attached hydrogen (secondary N) is 2. The molecule has 2 aliphatic rings. The molecule has 43 heavy (non-hydrogen) atoms. The van der Waals surface area contributed by atoms with Gasteiger partial charge in [0, 0.05) is 25.9 Å². The fourth-order valence-corrected chi connectivity index (χ4v) is 5.24. The van der Waals surface area contributed by atoms with Crippen LogP contribution in [0.3, 0.4) is 0 Å². The number of ether oxygens (including phenoxy) is 2. The average Bonchev–Trinajstić information content (AvgIpc) is 3.04. The lowest BCUT2D eigenvalue weighted by atomic mass is 10.0. The van der Waals surface area contributed by atoms with Crippen LogP contribution < -0.4 is 10.6 Å². The molecule has 1 aliphatic heterocycles. The number of carbonyl (C=O) groups excluding carboxylic acids is 4. The average molecular weight is 588 g/mol. The van der Waals surface area contributed by atoms with Gasteiger partial charge < -0.3 is 25.0 Å². The first-order chi connectivity index (χ1) is 20.9. The summed E-state index contributed by atoms with van der Waals surface area (Å²) in [5.41, 5.74) is 2.37. The van der Waals surface area contributed by atoms with E-state index < -0.39 is 29.9 Å². The summed E-state index contributed by atoms with van der Waals surface area (Å²) in [4.78, 5) is 55.0. The van der Waals surface area contributed by atoms with Crippen LogP contribution in [0.5, 0.6) is 0 Å². The van der Waals surface area contributed by atoms with Crippen LogP contribution in [-0.2, 0) is 41.5 Å². The molecule has 9 heteroatoms. The molecule has 228 valence electrons. The standard InChI is InChI=1S/C34H41N3O6/c1-42-34(41)28-18-19-31(38)37(22-20-25-12-4-2-5-13-25)21-10-11-23-43-30-17-9-8-16-27(30)32(39)36-29(33(40)35-28)24-26-14-6-3-7-15-26/h2-7,12-17,28-29H,8-11,18-24H2,1H3,(H,35,40)(H,36,39)/t28-,29+/m0/s1. The minimum absolute atomic E-state index is 0.0564. The fourth-order valence-electron chi connectivity index (χ4n) is 5.24. The molecule has 0 spiro atoms. The number of nitrogens with zero attached hydrogens (tertiary/aromatic N) is 1. The molecule has 0 bridgehead atoms. The fraction of sp³-hybridized carbons (Fsp3) is 0.412. The summed E-state index contributed by atoms with van der Waals surface area (Å²) in [6.45, 7) is 1.47. The van der Waals surface area contributed by atoms with Gasteiger partial charge in [0.15, 0.2) is 0 Å². The Balaban J connectivity index is 1.57. The third kappa shape index (κ3) is 9.56. The predicted molar refractivity (Wildman–Crippen MR) is 163 cm³/mol. The van der Waals surface area contributed by atoms with Crippen LogP contribution in [-0.4, -0.2) is 67.5 Å². The zero-order valence-corrected chi connectivity index (χ0v) is 24.8. The summed E-state index contributed by atoms with van der Waals surface area (Å²) in [6, 6.07) is 17.3. The number of carbonyl (C=O) groups is 4. The molecule has 3 amide bonds. The maximum Gasteiger partial charge on any atom is 0.328 e. The van der Waals surface area contributed by atoms with Crippen LogP contribution in [0.25, 0.3) is 0 Å². The highest BCUT2D eigenvalue weighted by Crippen LogP contribution is 2.21. The van der Waals surface area contributed by atoms with Crippen molar-refractivity contribution in [1.82, 2.24) is 15.5 Å². The van der Waals surface area contributed by atoms with Crippen molar-refractivity contribution in [2.75, 3.05) is 26.8 Å². The number of fused-ring (bicyclic) bond motifs is 1. The van der Waals surface area contributed by atoms with Gasteiger partial charge in [-0.2, -0.15) is 0 Å². The second-order valence-electron chi connectivity index (χ2n) is 10.8. The Labute approximate surface area is 253 Å². The molecule has 1 saturated heterocycles. The molecule has 0 saturated carbocycles. The van der Waals surface area contributed by atoms with E-state index >= 15 is 0 Å². The number of rotatable bonds is 6. The van der Waals surface area contributed by atoms with E-state index in [1.807, 2.05) is 77.7 Å². The summed E-state index contributed by atoms with van der Waals surface area (Å²) in [6.07, 6.45) is 7.64. The molecule has 2 aromatic carbocycles. The lowest BCUT2D eigenvalue weighted by molar-refractivity contribution is -0.146. The quantitative estimate of drug-likeness (QED) is 0.499. The molecular formula is C34H41N3O6. The second-order valence-corrected chi connectivity index (χ2v) is 10.8. The van der Waals surface area contributed by atoms with Gasteiger partial charge in [-0.1, -0.05) is 66.7 Å². The van der Waals surface area contributed by atoms with Crippen molar-refractivity contribution in [3.05, 3.63) is 95.3 Å². The van der Waals surface area contributed by atoms with Crippen LogP contribution in [0, 0.1) is 0 Å². The van der Waals surface area contributed by atoms with Gasteiger partial charge >= 0.3 is 5.97 Å². The Morgan fingerprint density at radius 3 is 2.35 bits per heavy atom. The number of amides is 3. The van der Waals surface area contributed by atoms with Crippen molar-refractivity contribution in [2.24, 2.45) is 0 Å². The number of allylic oxidation sites excluding steroid dienone is 2. The zero-order chi connectivity index (χ0) is 30.4. The number of benzene rings is 2. The van der Waals surface area contributed by atoms with Gasteiger partial charge in [-0.05, 0) is 55.7 Å². The number of hydrogen-bond donors (Lipinski definition) is 2. The minimum atomic E-state index is -1.05. The molecule has 1 heterocycles. The van der Waals surface area contributed by atoms with Gasteiger partial charge in [0.05, 0.1) is 19.3 Å². The minimum Gasteiger partial charge on any atom is -0.493 e. The van der Waals surface area contributed by atoms with Crippen molar-refractivity contribution in [2.45, 2.75) is 63.5 Å². The normalized spacial score (nSPS) is 20.8. The van der Waals surface area contributed by atoms with Crippen molar-refractivity contribution in [1.29, 1.82) is 0 Å². The number of hydrogen-bond acceptors (Lipinski definition) is 6. The van der Waals surface area contributed by atoms with E-state index in [1.54, 1.807) is 0 Å². The van der Waals surface area contributed by atoms with Gasteiger partial charge in [-0.15, -0.1) is 0 Å². The zero-order valence-electron chi connectivity index (χ0n) is 24.8. The topological polar surface area (TPSA) is 114 Å². The largest absolute Gasteiger partial charge is 0.493 e. The van der Waals surface area contributed by atoms with Gasteiger partial charge in [0.2, 0.25) is 11.8 Å². The first kappa shape index (κ1) is 31.5. The van der Waals surface area contributed by atoms with Gasteiger partial charge in [0.1, 0.15) is 17.8 Å². The Morgan fingerprint density at radius 2 is 1.63 bits per heavy atom. The summed E-state index contributed by atoms with van der Waals surface area (Å²) < 4.78 is 11.0. The molecule has 4 rings (SSSR count). The molecule has 0 aromatic heterocycles. The van der Waals surface area contributed by atoms with E-state index in [4.69, 9.17) is 9.47 Å². The summed E-state index contributed by atoms with van der Waals surface area (Å²) in [5.74, 6) is -1.19. The van der Waals surface area contributed by atoms with Crippen LogP contribution >= 0.6 is 0 Å². The second kappa shape index (κ2) is 16.3. The molecule has 0 unspecified atom stereocenters. The Hall–Kier alpha value is -4.40. The summed E-state index contributed by atoms with van der Waals surface area (Å²) >= 11 is 0. The predicted octanol–water partition coefficient (Wildman–Crippen LogP) is 3.64. The molecular weight excluding hydrogens is 546 g/mol. The molecule has 1 aliphatic carbocycles. The van der Waals surface area contributed by atoms with Gasteiger partial charge in [-0.25, -0.2) is 4.79 Å². The SMILES string of the molecule is COC(=O)[C@@H]1CCC(=O)N(CCc2ccccc2)CCCCOC2=CCCC=C2C(=O)N[C@H](Cc2ccccc2)C(=O)N1. The number of methoxy groups -OCH3 is 1. The van der Waals surface area contributed by atoms with Crippen molar-refractivity contribution in [3.63, 3.8) is 0 Å². The van der Waals surface area contributed by atoms with Crippen molar-refractivity contribution in [3.8, 4) is 0 Å². The summed E-state index contributed by atoms with van der Waals surface area (Å²) in [5, 5.41) is 5.62. The molecule has 2 atom stereocenters. The lowest BCUT2D eigenvalue weighted by Gasteiger charge is -2.25. The van der Waals surface area contributed by atoms with Gasteiger partial charge in [-0.3, -0.25) is 14.4 Å². The molecule has 2 aromatic rings. The van der Waals surface area contributed by atoms with E-state index in [9.17, 15) is 19.2 Å². The lowest BCUT2D eigenvalue weighted by Crippen LogP contribution is -2.53. The Morgan fingerprint density at radius 1 is 0.930 bits per heavy atom. The molecule has 2 N–H and O–H groups in total. The van der Waals surface area contributed by atoms with E-state index in [0.717, 1.165) is 24.0 Å². The summed E-state index contributed by atoms with van der Waals surface area (Å²) in [7, 11) is 1.25. The monoisotopic (exact) mass is 587 g/mol. The molecule has 0 radical (unpaired) electrons. The van der Waals surface area contributed by atoms with Crippen LogP contribution in [0.4, 0.5) is 0 Å². The number of esters is 1. The molecule has 1 fully saturated rings. The van der Waals surface area contributed by atoms with Crippen LogP contribution in [0.2, 0.25) is 0 Å². The van der Waals surface area contributed by atoms with Crippen molar-refractivity contribution >= 4 is 23.7 Å². The first-order valence-electron chi connectivity index (χ1n) is 15.0. The van der Waals surface area contributed by atoms with Crippen LogP contribution in [0.15, 0.2) is 84.1 Å². The van der Waals surface area contributed by atoms with Gasteiger partial charge in [0.25, 0.3) is 5.91 Å². The van der Waals surface area contributed by atoms with E-state index in [-0.39, 0.29) is 25.2 Å². The van der Waals surface area contributed by atoms with E-state index in [2.05, 4.69) is 10.6 Å².